The van der Waals surface area contributed by atoms with E-state index in [1.807, 2.05) is 12.3 Å². The number of aliphatic hydroxyl groups is 1. The Morgan fingerprint density at radius 2 is 1.90 bits per heavy atom. The van der Waals surface area contributed by atoms with E-state index in [4.69, 9.17) is 4.98 Å². The van der Waals surface area contributed by atoms with Crippen molar-refractivity contribution in [3.8, 4) is 0 Å². The number of fused-ring (bicyclic) bond motifs is 1. The molecule has 7 nitrogen and oxygen atoms in total. The van der Waals surface area contributed by atoms with Crippen molar-refractivity contribution in [2.24, 2.45) is 0 Å². The van der Waals surface area contributed by atoms with Gasteiger partial charge in [-0.05, 0) is 42.0 Å². The standard InChI is InChI=1S/C24H28N6O/c31-16-21-6-3-10-30(21)24-12-22(27-17-28-24)25-13-18-7-8-23(26-14-18)29-11-9-19-4-1-2-5-20(19)15-29/h1-2,4-5,7-8,12,14,17,21,31H,3,6,9-11,13,15-16H2,(H,25,27,28). The lowest BCUT2D eigenvalue weighted by atomic mass is 10.00. The van der Waals surface area contributed by atoms with E-state index in [0.717, 1.165) is 61.9 Å². The molecule has 2 aliphatic heterocycles. The lowest BCUT2D eigenvalue weighted by Gasteiger charge is -2.29. The van der Waals surface area contributed by atoms with Gasteiger partial charge < -0.3 is 20.2 Å². The van der Waals surface area contributed by atoms with Crippen LogP contribution in [0.2, 0.25) is 0 Å². The fraction of sp³-hybridized carbons (Fsp3) is 0.375. The molecular weight excluding hydrogens is 388 g/mol. The molecule has 3 aromatic rings. The van der Waals surface area contributed by atoms with Crippen molar-refractivity contribution in [1.82, 2.24) is 15.0 Å². The summed E-state index contributed by atoms with van der Waals surface area (Å²) in [6.07, 6.45) is 6.67. The largest absolute Gasteiger partial charge is 0.394 e. The number of pyridine rings is 1. The van der Waals surface area contributed by atoms with Crippen LogP contribution in [0.25, 0.3) is 0 Å². The van der Waals surface area contributed by atoms with Gasteiger partial charge in [0.1, 0.15) is 23.8 Å². The highest BCUT2D eigenvalue weighted by Crippen LogP contribution is 2.25. The summed E-state index contributed by atoms with van der Waals surface area (Å²) in [4.78, 5) is 18.0. The minimum Gasteiger partial charge on any atom is -0.394 e. The van der Waals surface area contributed by atoms with Crippen LogP contribution in [-0.2, 0) is 19.5 Å². The number of aliphatic hydroxyl groups excluding tert-OH is 1. The van der Waals surface area contributed by atoms with Gasteiger partial charge in [0.15, 0.2) is 0 Å². The van der Waals surface area contributed by atoms with Crippen molar-refractivity contribution in [1.29, 1.82) is 0 Å². The van der Waals surface area contributed by atoms with Gasteiger partial charge in [-0.25, -0.2) is 15.0 Å². The third-order valence-corrected chi connectivity index (χ3v) is 6.27. The van der Waals surface area contributed by atoms with E-state index in [1.165, 1.54) is 11.1 Å². The van der Waals surface area contributed by atoms with Gasteiger partial charge in [0.05, 0.1) is 12.6 Å². The summed E-state index contributed by atoms with van der Waals surface area (Å²) in [6, 6.07) is 15.0. The number of rotatable bonds is 6. The second kappa shape index (κ2) is 8.89. The Kier molecular flexibility index (Phi) is 5.67. The first kappa shape index (κ1) is 19.8. The number of nitrogens with one attached hydrogen (secondary N) is 1. The van der Waals surface area contributed by atoms with Gasteiger partial charge in [0.2, 0.25) is 0 Å². The predicted octanol–water partition coefficient (Wildman–Crippen LogP) is 3.01. The summed E-state index contributed by atoms with van der Waals surface area (Å²) in [5.41, 5.74) is 3.95. The Labute approximate surface area is 182 Å². The first-order chi connectivity index (χ1) is 15.3. The summed E-state index contributed by atoms with van der Waals surface area (Å²) in [5.74, 6) is 2.67. The molecule has 0 bridgehead atoms. The monoisotopic (exact) mass is 416 g/mol. The van der Waals surface area contributed by atoms with Crippen LogP contribution in [0.15, 0.2) is 55.0 Å². The van der Waals surface area contributed by atoms with Gasteiger partial charge in [-0.2, -0.15) is 0 Å². The molecule has 0 saturated carbocycles. The minimum atomic E-state index is 0.154. The minimum absolute atomic E-state index is 0.154. The Balaban J connectivity index is 1.21. The molecule has 0 aliphatic carbocycles. The zero-order valence-electron chi connectivity index (χ0n) is 17.6. The van der Waals surface area contributed by atoms with Gasteiger partial charge in [-0.3, -0.25) is 0 Å². The summed E-state index contributed by atoms with van der Waals surface area (Å²) in [6.45, 7) is 3.64. The molecule has 2 N–H and O–H groups in total. The molecule has 7 heteroatoms. The molecular formula is C24H28N6O. The summed E-state index contributed by atoms with van der Waals surface area (Å²) < 4.78 is 0. The second-order valence-corrected chi connectivity index (χ2v) is 8.25. The Bertz CT molecular complexity index is 1020. The van der Waals surface area contributed by atoms with Crippen molar-refractivity contribution in [3.05, 3.63) is 71.7 Å². The lowest BCUT2D eigenvalue weighted by molar-refractivity contribution is 0.266. The number of hydrogen-bond acceptors (Lipinski definition) is 7. The number of hydrogen-bond donors (Lipinski definition) is 2. The van der Waals surface area contributed by atoms with E-state index >= 15 is 0 Å². The van der Waals surface area contributed by atoms with Crippen molar-refractivity contribution < 1.29 is 5.11 Å². The molecule has 1 fully saturated rings. The molecule has 2 aliphatic rings. The van der Waals surface area contributed by atoms with Crippen LogP contribution in [0.3, 0.4) is 0 Å². The van der Waals surface area contributed by atoms with E-state index in [2.05, 4.69) is 61.5 Å². The lowest BCUT2D eigenvalue weighted by Crippen LogP contribution is -2.32. The average molecular weight is 417 g/mol. The van der Waals surface area contributed by atoms with Crippen LogP contribution in [-0.4, -0.2) is 45.8 Å². The average Bonchev–Trinajstić information content (AvgIpc) is 3.32. The van der Waals surface area contributed by atoms with Crippen LogP contribution in [0.5, 0.6) is 0 Å². The van der Waals surface area contributed by atoms with Gasteiger partial charge in [0, 0.05) is 38.4 Å². The zero-order chi connectivity index (χ0) is 21.0. The van der Waals surface area contributed by atoms with E-state index in [1.54, 1.807) is 6.33 Å². The molecule has 0 spiro atoms. The maximum absolute atomic E-state index is 9.57. The topological polar surface area (TPSA) is 77.4 Å². The maximum Gasteiger partial charge on any atom is 0.134 e. The zero-order valence-corrected chi connectivity index (χ0v) is 17.6. The third-order valence-electron chi connectivity index (χ3n) is 6.27. The van der Waals surface area contributed by atoms with Crippen LogP contribution < -0.4 is 15.1 Å². The number of benzene rings is 1. The molecule has 5 rings (SSSR count). The van der Waals surface area contributed by atoms with Gasteiger partial charge in [0.25, 0.3) is 0 Å². The van der Waals surface area contributed by atoms with E-state index in [0.29, 0.717) is 6.54 Å². The van der Waals surface area contributed by atoms with Crippen LogP contribution in [0.1, 0.15) is 29.5 Å². The molecule has 160 valence electrons. The first-order valence-electron chi connectivity index (χ1n) is 11.0. The fourth-order valence-corrected chi connectivity index (χ4v) is 4.52. The highest BCUT2D eigenvalue weighted by atomic mass is 16.3. The molecule has 0 radical (unpaired) electrons. The van der Waals surface area contributed by atoms with Crippen molar-refractivity contribution in [2.75, 3.05) is 34.8 Å². The van der Waals surface area contributed by atoms with E-state index in [9.17, 15) is 5.11 Å². The molecule has 1 atom stereocenters. The molecule has 31 heavy (non-hydrogen) atoms. The van der Waals surface area contributed by atoms with E-state index in [-0.39, 0.29) is 12.6 Å². The highest BCUT2D eigenvalue weighted by Gasteiger charge is 2.25. The third kappa shape index (κ3) is 4.32. The summed E-state index contributed by atoms with van der Waals surface area (Å²) >= 11 is 0. The number of aromatic nitrogens is 3. The molecule has 1 saturated heterocycles. The summed E-state index contributed by atoms with van der Waals surface area (Å²) in [7, 11) is 0. The number of anilines is 3. The predicted molar refractivity (Wildman–Crippen MR) is 122 cm³/mol. The van der Waals surface area contributed by atoms with Gasteiger partial charge in [-0.1, -0.05) is 30.3 Å². The highest BCUT2D eigenvalue weighted by molar-refractivity contribution is 5.50. The Morgan fingerprint density at radius 1 is 1.00 bits per heavy atom. The fourth-order valence-electron chi connectivity index (χ4n) is 4.52. The molecule has 2 aromatic heterocycles. The van der Waals surface area contributed by atoms with E-state index < -0.39 is 0 Å². The van der Waals surface area contributed by atoms with Crippen molar-refractivity contribution in [2.45, 2.75) is 38.4 Å². The Hall–Kier alpha value is -3.19. The molecule has 0 amide bonds. The quantitative estimate of drug-likeness (QED) is 0.640. The smallest absolute Gasteiger partial charge is 0.134 e. The first-order valence-corrected chi connectivity index (χ1v) is 11.0. The van der Waals surface area contributed by atoms with Crippen LogP contribution in [0.4, 0.5) is 17.5 Å². The van der Waals surface area contributed by atoms with Crippen LogP contribution >= 0.6 is 0 Å². The molecule has 4 heterocycles. The normalized spacial score (nSPS) is 18.2. The summed E-state index contributed by atoms with van der Waals surface area (Å²) in [5, 5.41) is 12.9. The van der Waals surface area contributed by atoms with Gasteiger partial charge in [-0.15, -0.1) is 0 Å². The Morgan fingerprint density at radius 3 is 2.74 bits per heavy atom. The van der Waals surface area contributed by atoms with Crippen LogP contribution in [0, 0.1) is 0 Å². The molecule has 1 aromatic carbocycles. The SMILES string of the molecule is OCC1CCCN1c1cc(NCc2ccc(N3CCc4ccccc4C3)nc2)ncn1. The van der Waals surface area contributed by atoms with Crippen molar-refractivity contribution in [3.63, 3.8) is 0 Å². The maximum atomic E-state index is 9.57. The van der Waals surface area contributed by atoms with Crippen molar-refractivity contribution >= 4 is 17.5 Å². The molecule has 1 unspecified atom stereocenters. The van der Waals surface area contributed by atoms with Gasteiger partial charge >= 0.3 is 0 Å². The second-order valence-electron chi connectivity index (χ2n) is 8.25. The number of nitrogens with zero attached hydrogens (tertiary/aromatic N) is 5.